The van der Waals surface area contributed by atoms with Gasteiger partial charge in [0.25, 0.3) is 5.91 Å². The van der Waals surface area contributed by atoms with Crippen LogP contribution >= 0.6 is 0 Å². The lowest BCUT2D eigenvalue weighted by Crippen LogP contribution is -2.50. The van der Waals surface area contributed by atoms with E-state index in [-0.39, 0.29) is 17.7 Å². The molecular weight excluding hydrogens is 356 g/mol. The number of ether oxygens (including phenoxy) is 1. The molecule has 0 unspecified atom stereocenters. The quantitative estimate of drug-likeness (QED) is 0.861. The first kappa shape index (κ1) is 19.7. The van der Waals surface area contributed by atoms with Crippen LogP contribution in [0, 0.1) is 5.92 Å². The molecule has 0 bridgehead atoms. The van der Waals surface area contributed by atoms with Crippen molar-refractivity contribution in [2.75, 3.05) is 43.5 Å². The van der Waals surface area contributed by atoms with Crippen molar-refractivity contribution < 1.29 is 14.3 Å². The Morgan fingerprint density at radius 1 is 1.04 bits per heavy atom. The molecule has 2 aromatic rings. The van der Waals surface area contributed by atoms with E-state index in [1.165, 1.54) is 0 Å². The number of rotatable bonds is 5. The molecule has 0 spiro atoms. The zero-order valence-corrected chi connectivity index (χ0v) is 16.5. The smallest absolute Gasteiger partial charge is 0.255 e. The van der Waals surface area contributed by atoms with Crippen LogP contribution in [0.5, 0.6) is 5.75 Å². The molecule has 1 saturated heterocycles. The van der Waals surface area contributed by atoms with Crippen LogP contribution in [0.3, 0.4) is 0 Å². The Hall–Kier alpha value is -3.09. The van der Waals surface area contributed by atoms with E-state index in [0.717, 1.165) is 18.9 Å². The van der Waals surface area contributed by atoms with Gasteiger partial charge in [-0.3, -0.25) is 9.59 Å². The van der Waals surface area contributed by atoms with Crippen molar-refractivity contribution >= 4 is 23.3 Å². The average Bonchev–Trinajstić information content (AvgIpc) is 2.74. The van der Waals surface area contributed by atoms with Gasteiger partial charge in [-0.2, -0.15) is 0 Å². The largest absolute Gasteiger partial charge is 0.497 e. The fourth-order valence-corrected chi connectivity index (χ4v) is 3.11. The van der Waals surface area contributed by atoms with E-state index >= 15 is 0 Å². The summed E-state index contributed by atoms with van der Waals surface area (Å²) < 4.78 is 5.10. The number of nitrogens with zero attached hydrogens (tertiary/aromatic N) is 3. The number of amides is 2. The highest BCUT2D eigenvalue weighted by molar-refractivity contribution is 6.04. The normalized spacial score (nSPS) is 14.1. The van der Waals surface area contributed by atoms with Gasteiger partial charge < -0.3 is 19.9 Å². The second kappa shape index (κ2) is 8.73. The first-order valence-electron chi connectivity index (χ1n) is 9.43. The van der Waals surface area contributed by atoms with Crippen molar-refractivity contribution in [2.45, 2.75) is 13.8 Å². The van der Waals surface area contributed by atoms with Gasteiger partial charge in [-0.05, 0) is 36.4 Å². The minimum atomic E-state index is -0.196. The van der Waals surface area contributed by atoms with Gasteiger partial charge in [0.1, 0.15) is 11.6 Å². The molecule has 0 atom stereocenters. The topological polar surface area (TPSA) is 74.8 Å². The molecule has 28 heavy (non-hydrogen) atoms. The number of benzene rings is 1. The van der Waals surface area contributed by atoms with Crippen molar-refractivity contribution in [3.05, 3.63) is 48.2 Å². The van der Waals surface area contributed by atoms with Gasteiger partial charge in [0, 0.05) is 37.7 Å². The number of methoxy groups -OCH3 is 1. The summed E-state index contributed by atoms with van der Waals surface area (Å²) in [6, 6.07) is 10.7. The SMILES string of the molecule is COc1ccc(C(=O)Nc2ccc(N3CCN(C(=O)C(C)C)CC3)nc2)cc1. The Kier molecular flexibility index (Phi) is 6.13. The summed E-state index contributed by atoms with van der Waals surface area (Å²) in [5, 5.41) is 2.85. The van der Waals surface area contributed by atoms with Crippen LogP contribution < -0.4 is 15.0 Å². The van der Waals surface area contributed by atoms with E-state index in [9.17, 15) is 9.59 Å². The number of hydrogen-bond donors (Lipinski definition) is 1. The third-order valence-electron chi connectivity index (χ3n) is 4.77. The van der Waals surface area contributed by atoms with Crippen molar-refractivity contribution in [2.24, 2.45) is 5.92 Å². The highest BCUT2D eigenvalue weighted by atomic mass is 16.5. The summed E-state index contributed by atoms with van der Waals surface area (Å²) >= 11 is 0. The van der Waals surface area contributed by atoms with Crippen LogP contribution in [0.4, 0.5) is 11.5 Å². The second-order valence-electron chi connectivity index (χ2n) is 7.05. The lowest BCUT2D eigenvalue weighted by molar-refractivity contribution is -0.134. The summed E-state index contributed by atoms with van der Waals surface area (Å²) in [4.78, 5) is 32.9. The standard InChI is InChI=1S/C21H26N4O3/c1-15(2)21(27)25-12-10-24(11-13-25)19-9-6-17(14-22-19)23-20(26)16-4-7-18(28-3)8-5-16/h4-9,14-15H,10-13H2,1-3H3,(H,23,26). The Morgan fingerprint density at radius 3 is 2.25 bits per heavy atom. The Labute approximate surface area is 165 Å². The molecule has 2 amide bonds. The number of aromatic nitrogens is 1. The molecule has 0 aliphatic carbocycles. The van der Waals surface area contributed by atoms with E-state index in [4.69, 9.17) is 4.74 Å². The summed E-state index contributed by atoms with van der Waals surface area (Å²) in [7, 11) is 1.59. The average molecular weight is 382 g/mol. The number of hydrogen-bond acceptors (Lipinski definition) is 5. The first-order valence-corrected chi connectivity index (χ1v) is 9.43. The van der Waals surface area contributed by atoms with Crippen molar-refractivity contribution in [3.63, 3.8) is 0 Å². The molecule has 1 aromatic heterocycles. The third-order valence-corrected chi connectivity index (χ3v) is 4.77. The van der Waals surface area contributed by atoms with E-state index < -0.39 is 0 Å². The van der Waals surface area contributed by atoms with Crippen molar-refractivity contribution in [1.82, 2.24) is 9.88 Å². The van der Waals surface area contributed by atoms with Crippen LogP contribution in [0.2, 0.25) is 0 Å². The predicted molar refractivity (Wildman–Crippen MR) is 109 cm³/mol. The van der Waals surface area contributed by atoms with Crippen molar-refractivity contribution in [1.29, 1.82) is 0 Å². The molecule has 1 aliphatic rings. The summed E-state index contributed by atoms with van der Waals surface area (Å²) in [6.45, 7) is 6.76. The first-order chi connectivity index (χ1) is 13.5. The summed E-state index contributed by atoms with van der Waals surface area (Å²) in [5.41, 5.74) is 1.19. The molecule has 7 heteroatoms. The maximum absolute atomic E-state index is 12.3. The van der Waals surface area contributed by atoms with Gasteiger partial charge in [-0.1, -0.05) is 13.8 Å². The van der Waals surface area contributed by atoms with Gasteiger partial charge in [0.15, 0.2) is 0 Å². The zero-order valence-electron chi connectivity index (χ0n) is 16.5. The highest BCUT2D eigenvalue weighted by Crippen LogP contribution is 2.18. The maximum atomic E-state index is 12.3. The molecule has 0 radical (unpaired) electrons. The molecule has 1 aliphatic heterocycles. The van der Waals surface area contributed by atoms with Crippen LogP contribution in [-0.2, 0) is 4.79 Å². The number of piperazine rings is 1. The number of anilines is 2. The van der Waals surface area contributed by atoms with Crippen LogP contribution in [-0.4, -0.2) is 55.0 Å². The molecule has 2 heterocycles. The molecular formula is C21H26N4O3. The van der Waals surface area contributed by atoms with Gasteiger partial charge in [0.2, 0.25) is 5.91 Å². The molecule has 0 saturated carbocycles. The minimum Gasteiger partial charge on any atom is -0.497 e. The Balaban J connectivity index is 1.56. The monoisotopic (exact) mass is 382 g/mol. The number of carbonyl (C=O) groups is 2. The van der Waals surface area contributed by atoms with Crippen molar-refractivity contribution in [3.8, 4) is 5.75 Å². The van der Waals surface area contributed by atoms with Gasteiger partial charge in [-0.15, -0.1) is 0 Å². The zero-order chi connectivity index (χ0) is 20.1. The fraction of sp³-hybridized carbons (Fsp3) is 0.381. The highest BCUT2D eigenvalue weighted by Gasteiger charge is 2.23. The number of carbonyl (C=O) groups excluding carboxylic acids is 2. The van der Waals surface area contributed by atoms with Gasteiger partial charge >= 0.3 is 0 Å². The van der Waals surface area contributed by atoms with Crippen LogP contribution in [0.25, 0.3) is 0 Å². The molecule has 1 fully saturated rings. The predicted octanol–water partition coefficient (Wildman–Crippen LogP) is 2.65. The van der Waals surface area contributed by atoms with Gasteiger partial charge in [-0.25, -0.2) is 4.98 Å². The fourth-order valence-electron chi connectivity index (χ4n) is 3.11. The lowest BCUT2D eigenvalue weighted by Gasteiger charge is -2.36. The Morgan fingerprint density at radius 2 is 1.71 bits per heavy atom. The molecule has 148 valence electrons. The minimum absolute atomic E-state index is 0.0262. The van der Waals surface area contributed by atoms with Crippen LogP contribution in [0.1, 0.15) is 24.2 Å². The molecule has 1 aromatic carbocycles. The van der Waals surface area contributed by atoms with E-state index in [0.29, 0.717) is 30.1 Å². The summed E-state index contributed by atoms with van der Waals surface area (Å²) in [5.74, 6) is 1.58. The second-order valence-corrected chi connectivity index (χ2v) is 7.05. The van der Waals surface area contributed by atoms with Crippen LogP contribution in [0.15, 0.2) is 42.6 Å². The number of nitrogens with one attached hydrogen (secondary N) is 1. The molecule has 3 rings (SSSR count). The lowest BCUT2D eigenvalue weighted by atomic mass is 10.1. The molecule has 1 N–H and O–H groups in total. The Bertz CT molecular complexity index is 811. The third kappa shape index (κ3) is 4.60. The number of pyridine rings is 1. The van der Waals surface area contributed by atoms with E-state index in [2.05, 4.69) is 15.2 Å². The summed E-state index contributed by atoms with van der Waals surface area (Å²) in [6.07, 6.45) is 1.66. The molecule has 7 nitrogen and oxygen atoms in total. The maximum Gasteiger partial charge on any atom is 0.255 e. The van der Waals surface area contributed by atoms with Gasteiger partial charge in [0.05, 0.1) is 19.0 Å². The van der Waals surface area contributed by atoms with E-state index in [1.54, 1.807) is 37.6 Å². The van der Waals surface area contributed by atoms with E-state index in [1.807, 2.05) is 30.9 Å².